The molecule has 0 fully saturated rings. The van der Waals surface area contributed by atoms with Crippen LogP contribution in [0.5, 0.6) is 0 Å². The van der Waals surface area contributed by atoms with Gasteiger partial charge < -0.3 is 5.73 Å². The molecule has 1 aromatic heterocycles. The minimum atomic E-state index is -1.00. The zero-order valence-electron chi connectivity index (χ0n) is 9.75. The number of benzene rings is 1. The molecule has 0 radical (unpaired) electrons. The van der Waals surface area contributed by atoms with Gasteiger partial charge in [0, 0.05) is 19.2 Å². The van der Waals surface area contributed by atoms with Gasteiger partial charge in [0.25, 0.3) is 0 Å². The smallest absolute Gasteiger partial charge is 0.131 e. The second-order valence-electron chi connectivity index (χ2n) is 4.12. The molecule has 0 spiro atoms. The zero-order valence-corrected chi connectivity index (χ0v) is 10.5. The maximum absolute atomic E-state index is 9.29. The molecule has 2 aromatic rings. The third-order valence-electron chi connectivity index (χ3n) is 2.83. The van der Waals surface area contributed by atoms with Crippen molar-refractivity contribution >= 4 is 11.6 Å². The molecule has 18 heavy (non-hydrogen) atoms. The molecule has 4 nitrogen and oxygen atoms in total. The van der Waals surface area contributed by atoms with Crippen LogP contribution in [0.25, 0.3) is 0 Å². The first kappa shape index (κ1) is 12.6. The van der Waals surface area contributed by atoms with E-state index in [0.717, 1.165) is 5.56 Å². The van der Waals surface area contributed by atoms with Crippen LogP contribution >= 0.6 is 11.6 Å². The molecule has 1 heterocycles. The Morgan fingerprint density at radius 3 is 2.67 bits per heavy atom. The quantitative estimate of drug-likeness (QED) is 0.917. The van der Waals surface area contributed by atoms with E-state index in [2.05, 4.69) is 11.2 Å². The minimum Gasteiger partial charge on any atom is -0.310 e. The molecule has 92 valence electrons. The highest BCUT2D eigenvalue weighted by Gasteiger charge is 2.26. The first-order chi connectivity index (χ1) is 8.64. The molecule has 0 bridgehead atoms. The molecule has 1 atom stereocenters. The van der Waals surface area contributed by atoms with Gasteiger partial charge in [-0.25, -0.2) is 0 Å². The normalized spacial score (nSPS) is 13.8. The van der Waals surface area contributed by atoms with E-state index < -0.39 is 5.54 Å². The first-order valence-corrected chi connectivity index (χ1v) is 5.95. The summed E-state index contributed by atoms with van der Waals surface area (Å²) >= 11 is 5.78. The number of aromatic nitrogens is 2. The van der Waals surface area contributed by atoms with Crippen molar-refractivity contribution in [3.63, 3.8) is 0 Å². The van der Waals surface area contributed by atoms with Crippen LogP contribution in [0.15, 0.2) is 42.7 Å². The first-order valence-electron chi connectivity index (χ1n) is 5.58. The number of hydrogen-bond acceptors (Lipinski definition) is 3. The molecule has 1 aromatic carbocycles. The van der Waals surface area contributed by atoms with E-state index in [4.69, 9.17) is 17.3 Å². The Hall–Kier alpha value is -1.83. The predicted octanol–water partition coefficient (Wildman–Crippen LogP) is 2.30. The van der Waals surface area contributed by atoms with Gasteiger partial charge in [-0.15, -0.1) is 0 Å². The fraction of sp³-hybridized carbons (Fsp3) is 0.231. The number of nitrogens with two attached hydrogens (primary N) is 1. The van der Waals surface area contributed by atoms with Gasteiger partial charge in [-0.3, -0.25) is 4.68 Å². The molecule has 5 heteroatoms. The van der Waals surface area contributed by atoms with Crippen molar-refractivity contribution in [1.29, 1.82) is 5.26 Å². The Labute approximate surface area is 111 Å². The topological polar surface area (TPSA) is 67.6 Å². The van der Waals surface area contributed by atoms with Crippen LogP contribution in [0, 0.1) is 11.3 Å². The lowest BCUT2D eigenvalue weighted by atomic mass is 9.89. The van der Waals surface area contributed by atoms with Crippen molar-refractivity contribution in [2.45, 2.75) is 18.5 Å². The van der Waals surface area contributed by atoms with Gasteiger partial charge in [-0.2, -0.15) is 10.4 Å². The van der Waals surface area contributed by atoms with Gasteiger partial charge in [-0.05, 0) is 5.56 Å². The second-order valence-corrected chi connectivity index (χ2v) is 4.56. The molecular formula is C13H13ClN4. The van der Waals surface area contributed by atoms with Crippen molar-refractivity contribution in [3.05, 3.63) is 53.3 Å². The van der Waals surface area contributed by atoms with E-state index in [-0.39, 0.29) is 0 Å². The minimum absolute atomic E-state index is 0.478. The Morgan fingerprint density at radius 2 is 2.11 bits per heavy atom. The number of aryl methyl sites for hydroxylation is 1. The average molecular weight is 261 g/mol. The maximum Gasteiger partial charge on any atom is 0.131 e. The van der Waals surface area contributed by atoms with Crippen LogP contribution in [-0.4, -0.2) is 9.78 Å². The SMILES string of the molecule is N#CC(N)(CCn1cc(Cl)cn1)c1ccccc1. The summed E-state index contributed by atoms with van der Waals surface area (Å²) in [7, 11) is 0. The van der Waals surface area contributed by atoms with Crippen LogP contribution in [0.3, 0.4) is 0 Å². The van der Waals surface area contributed by atoms with Gasteiger partial charge in [0.2, 0.25) is 0 Å². The Morgan fingerprint density at radius 1 is 1.39 bits per heavy atom. The van der Waals surface area contributed by atoms with Crippen LogP contribution in [0.2, 0.25) is 5.02 Å². The van der Waals surface area contributed by atoms with Gasteiger partial charge in [0.1, 0.15) is 5.54 Å². The Balaban J connectivity index is 2.12. The summed E-state index contributed by atoms with van der Waals surface area (Å²) in [6.45, 7) is 0.547. The van der Waals surface area contributed by atoms with Crippen molar-refractivity contribution in [3.8, 4) is 6.07 Å². The molecule has 0 saturated heterocycles. The number of rotatable bonds is 4. The molecule has 2 rings (SSSR count). The number of hydrogen-bond donors (Lipinski definition) is 1. The average Bonchev–Trinajstić information content (AvgIpc) is 2.83. The van der Waals surface area contributed by atoms with E-state index in [1.807, 2.05) is 30.3 Å². The molecule has 0 aliphatic carbocycles. The van der Waals surface area contributed by atoms with E-state index in [9.17, 15) is 5.26 Å². The fourth-order valence-electron chi connectivity index (χ4n) is 1.75. The standard InChI is InChI=1S/C13H13ClN4/c14-12-8-17-18(9-12)7-6-13(16,10-15)11-4-2-1-3-5-11/h1-5,8-9H,6-7,16H2. The van der Waals surface area contributed by atoms with Crippen LogP contribution in [0.4, 0.5) is 0 Å². The van der Waals surface area contributed by atoms with Crippen LogP contribution < -0.4 is 5.73 Å². The summed E-state index contributed by atoms with van der Waals surface area (Å²) in [6.07, 6.45) is 3.75. The molecule has 0 amide bonds. The van der Waals surface area contributed by atoms with Gasteiger partial charge in [0.05, 0.1) is 17.3 Å². The number of nitriles is 1. The van der Waals surface area contributed by atoms with Crippen LogP contribution in [0.1, 0.15) is 12.0 Å². The van der Waals surface area contributed by atoms with Crippen molar-refractivity contribution in [2.75, 3.05) is 0 Å². The predicted molar refractivity (Wildman–Crippen MR) is 69.8 cm³/mol. The van der Waals surface area contributed by atoms with Crippen LogP contribution in [-0.2, 0) is 12.1 Å². The molecule has 0 aliphatic rings. The van der Waals surface area contributed by atoms with Gasteiger partial charge in [-0.1, -0.05) is 41.9 Å². The Kier molecular flexibility index (Phi) is 3.66. The largest absolute Gasteiger partial charge is 0.310 e. The summed E-state index contributed by atoms with van der Waals surface area (Å²) < 4.78 is 1.68. The van der Waals surface area contributed by atoms with E-state index in [1.54, 1.807) is 17.1 Å². The highest BCUT2D eigenvalue weighted by molar-refractivity contribution is 6.30. The van der Waals surface area contributed by atoms with Crippen molar-refractivity contribution in [2.24, 2.45) is 5.73 Å². The lowest BCUT2D eigenvalue weighted by molar-refractivity contribution is 0.451. The summed E-state index contributed by atoms with van der Waals surface area (Å²) in [4.78, 5) is 0. The highest BCUT2D eigenvalue weighted by atomic mass is 35.5. The highest BCUT2D eigenvalue weighted by Crippen LogP contribution is 2.22. The Bertz CT molecular complexity index is 558. The zero-order chi connectivity index (χ0) is 13.0. The number of halogens is 1. The second kappa shape index (κ2) is 5.21. The molecular weight excluding hydrogens is 248 g/mol. The van der Waals surface area contributed by atoms with Gasteiger partial charge in [0.15, 0.2) is 0 Å². The van der Waals surface area contributed by atoms with E-state index in [1.165, 1.54) is 0 Å². The molecule has 0 saturated carbocycles. The summed E-state index contributed by atoms with van der Waals surface area (Å²) in [5.74, 6) is 0. The third kappa shape index (κ3) is 2.70. The third-order valence-corrected chi connectivity index (χ3v) is 3.02. The van der Waals surface area contributed by atoms with Crippen molar-refractivity contribution < 1.29 is 0 Å². The maximum atomic E-state index is 9.29. The van der Waals surface area contributed by atoms with Crippen molar-refractivity contribution in [1.82, 2.24) is 9.78 Å². The molecule has 0 aliphatic heterocycles. The van der Waals surface area contributed by atoms with E-state index >= 15 is 0 Å². The fourth-order valence-corrected chi connectivity index (χ4v) is 1.91. The monoisotopic (exact) mass is 260 g/mol. The van der Waals surface area contributed by atoms with E-state index in [0.29, 0.717) is 18.0 Å². The molecule has 2 N–H and O–H groups in total. The summed E-state index contributed by atoms with van der Waals surface area (Å²) in [6, 6.07) is 11.5. The lowest BCUT2D eigenvalue weighted by Gasteiger charge is -2.21. The van der Waals surface area contributed by atoms with Gasteiger partial charge >= 0.3 is 0 Å². The summed E-state index contributed by atoms with van der Waals surface area (Å²) in [5.41, 5.74) is 5.95. The molecule has 1 unspecified atom stereocenters. The number of nitrogens with zero attached hydrogens (tertiary/aromatic N) is 3. The summed E-state index contributed by atoms with van der Waals surface area (Å²) in [5, 5.41) is 13.9. The lowest BCUT2D eigenvalue weighted by Crippen LogP contribution is -2.36.